The predicted octanol–water partition coefficient (Wildman–Crippen LogP) is 5.88. The number of nitrogens with one attached hydrogen (secondary N) is 3. The largest absolute Gasteiger partial charge is 0.494 e. The van der Waals surface area contributed by atoms with Gasteiger partial charge < -0.3 is 15.4 Å². The van der Waals surface area contributed by atoms with Crippen LogP contribution < -0.4 is 20.8 Å². The number of amides is 3. The number of hydrogen-bond donors (Lipinski definition) is 3. The highest BCUT2D eigenvalue weighted by Crippen LogP contribution is 2.29. The first-order chi connectivity index (χ1) is 17.2. The van der Waals surface area contributed by atoms with Gasteiger partial charge in [0, 0.05) is 31.8 Å². The van der Waals surface area contributed by atoms with Crippen LogP contribution in [0.4, 0.5) is 11.4 Å². The quantitative estimate of drug-likeness (QED) is 0.273. The number of benzene rings is 3. The number of ether oxygens (including phenoxy) is 1. The van der Waals surface area contributed by atoms with Crippen LogP contribution in [0.2, 0.25) is 15.1 Å². The lowest BCUT2D eigenvalue weighted by Gasteiger charge is -2.14. The van der Waals surface area contributed by atoms with Crippen LogP contribution in [0.5, 0.6) is 5.75 Å². The summed E-state index contributed by atoms with van der Waals surface area (Å²) < 4.78 is 6.61. The Balaban J connectivity index is 1.67. The minimum absolute atomic E-state index is 0.0325. The number of fused-ring (bicyclic) bond motifs is 1. The summed E-state index contributed by atoms with van der Waals surface area (Å²) in [6.07, 6.45) is 0. The van der Waals surface area contributed by atoms with Crippen molar-refractivity contribution in [2.45, 2.75) is 6.92 Å². The molecule has 0 spiro atoms. The highest BCUT2D eigenvalue weighted by molar-refractivity contribution is 6.42. The number of para-hydroxylation sites is 1. The molecule has 0 aliphatic heterocycles. The fraction of sp³-hybridized carbons (Fsp3) is 0.0800. The molecule has 0 radical (unpaired) electrons. The van der Waals surface area contributed by atoms with Crippen LogP contribution in [0.3, 0.4) is 0 Å². The summed E-state index contributed by atoms with van der Waals surface area (Å²) in [4.78, 5) is 38.7. The number of nitrogens with zero attached hydrogens (tertiary/aromatic N) is 1. The van der Waals surface area contributed by atoms with Crippen molar-refractivity contribution in [1.29, 1.82) is 0 Å². The van der Waals surface area contributed by atoms with E-state index in [1.807, 2.05) is 6.92 Å². The van der Waals surface area contributed by atoms with Crippen LogP contribution >= 0.6 is 34.8 Å². The molecule has 1 aromatic heterocycles. The Kier molecular flexibility index (Phi) is 7.40. The normalized spacial score (nSPS) is 10.7. The maximum absolute atomic E-state index is 13.2. The van der Waals surface area contributed by atoms with Gasteiger partial charge >= 0.3 is 11.8 Å². The lowest BCUT2D eigenvalue weighted by atomic mass is 10.2. The molecule has 184 valence electrons. The van der Waals surface area contributed by atoms with E-state index in [0.717, 1.165) is 5.56 Å². The summed E-state index contributed by atoms with van der Waals surface area (Å²) in [7, 11) is 1.45. The maximum Gasteiger partial charge on any atom is 0.328 e. The zero-order valence-electron chi connectivity index (χ0n) is 19.0. The van der Waals surface area contributed by atoms with Crippen LogP contribution in [0, 0.1) is 6.92 Å². The van der Waals surface area contributed by atoms with Crippen LogP contribution in [0.1, 0.15) is 16.1 Å². The monoisotopic (exact) mass is 544 g/mol. The molecule has 0 aliphatic carbocycles. The molecule has 0 unspecified atom stereocenters. The van der Waals surface area contributed by atoms with E-state index in [1.54, 1.807) is 36.4 Å². The molecule has 4 rings (SSSR count). The second-order valence-corrected chi connectivity index (χ2v) is 9.01. The number of anilines is 2. The highest BCUT2D eigenvalue weighted by atomic mass is 35.5. The topological polar surface area (TPSA) is 101 Å². The van der Waals surface area contributed by atoms with E-state index in [1.165, 1.54) is 36.1 Å². The Morgan fingerprint density at radius 1 is 0.833 bits per heavy atom. The second kappa shape index (κ2) is 10.5. The molecular weight excluding hydrogens is 527 g/mol. The second-order valence-electron chi connectivity index (χ2n) is 7.73. The molecule has 0 saturated heterocycles. The Hall–Kier alpha value is -3.72. The number of aromatic nitrogens is 1. The number of halogens is 3. The molecule has 1 heterocycles. The fourth-order valence-corrected chi connectivity index (χ4v) is 4.21. The lowest BCUT2D eigenvalue weighted by molar-refractivity contribution is -0.133. The van der Waals surface area contributed by atoms with Crippen molar-refractivity contribution in [3.05, 3.63) is 87.0 Å². The number of rotatable bonds is 5. The number of carbonyl (C=O) groups is 3. The van der Waals surface area contributed by atoms with Crippen molar-refractivity contribution in [3.8, 4) is 5.75 Å². The minimum Gasteiger partial charge on any atom is -0.494 e. The summed E-state index contributed by atoms with van der Waals surface area (Å²) in [6, 6.07) is 16.1. The predicted molar refractivity (Wildman–Crippen MR) is 142 cm³/mol. The van der Waals surface area contributed by atoms with Crippen molar-refractivity contribution >= 4 is 74.8 Å². The zero-order valence-corrected chi connectivity index (χ0v) is 21.3. The molecule has 4 aromatic rings. The minimum atomic E-state index is -1.02. The van der Waals surface area contributed by atoms with Crippen molar-refractivity contribution in [2.24, 2.45) is 0 Å². The average molecular weight is 546 g/mol. The fourth-order valence-electron chi connectivity index (χ4n) is 3.51. The SMILES string of the molecule is COc1cccc2cc(C(=O)Nc3cc(Cl)cc(Cl)c3)n(NC(=O)C(=O)Nc3ccc(C)c(Cl)c3)c12. The van der Waals surface area contributed by atoms with E-state index in [4.69, 9.17) is 39.5 Å². The van der Waals surface area contributed by atoms with E-state index in [-0.39, 0.29) is 5.69 Å². The van der Waals surface area contributed by atoms with Crippen LogP contribution in [-0.4, -0.2) is 29.5 Å². The van der Waals surface area contributed by atoms with E-state index >= 15 is 0 Å². The molecular formula is C25H19Cl3N4O4. The Bertz CT molecular complexity index is 1500. The van der Waals surface area contributed by atoms with Crippen molar-refractivity contribution in [2.75, 3.05) is 23.2 Å². The molecule has 11 heteroatoms. The number of carbonyl (C=O) groups excluding carboxylic acids is 3. The van der Waals surface area contributed by atoms with E-state index in [2.05, 4.69) is 16.1 Å². The van der Waals surface area contributed by atoms with Crippen molar-refractivity contribution in [1.82, 2.24) is 4.68 Å². The van der Waals surface area contributed by atoms with Gasteiger partial charge in [0.2, 0.25) is 0 Å². The van der Waals surface area contributed by atoms with E-state index in [9.17, 15) is 14.4 Å². The third-order valence-electron chi connectivity index (χ3n) is 5.21. The molecule has 8 nitrogen and oxygen atoms in total. The van der Waals surface area contributed by atoms with Crippen molar-refractivity contribution in [3.63, 3.8) is 0 Å². The van der Waals surface area contributed by atoms with Crippen LogP contribution in [0.25, 0.3) is 10.9 Å². The lowest BCUT2D eigenvalue weighted by Crippen LogP contribution is -2.36. The molecule has 3 amide bonds. The third kappa shape index (κ3) is 5.41. The molecule has 0 bridgehead atoms. The standard InChI is InChI=1S/C25H19Cl3N4O4/c1-13-6-7-17(12-19(13)28)29-24(34)25(35)31-32-20(8-14-4-3-5-21(36-2)22(14)32)23(33)30-18-10-15(26)9-16(27)11-18/h3-12H,1-2H3,(H,29,34)(H,30,33)(H,31,35). The number of methoxy groups -OCH3 is 1. The first kappa shape index (κ1) is 25.4. The molecule has 0 atom stereocenters. The first-order valence-corrected chi connectivity index (χ1v) is 11.6. The molecule has 36 heavy (non-hydrogen) atoms. The summed E-state index contributed by atoms with van der Waals surface area (Å²) in [5, 5.41) is 6.89. The molecule has 3 N–H and O–H groups in total. The summed E-state index contributed by atoms with van der Waals surface area (Å²) in [5.41, 5.74) is 4.41. The number of aryl methyl sites for hydroxylation is 1. The Labute approximate surface area is 221 Å². The van der Waals surface area contributed by atoms with Crippen LogP contribution in [-0.2, 0) is 9.59 Å². The van der Waals surface area contributed by atoms with Gasteiger partial charge in [0.1, 0.15) is 17.0 Å². The molecule has 3 aromatic carbocycles. The molecule has 0 fully saturated rings. The smallest absolute Gasteiger partial charge is 0.328 e. The highest BCUT2D eigenvalue weighted by Gasteiger charge is 2.23. The zero-order chi connectivity index (χ0) is 26.0. The van der Waals surface area contributed by atoms with Gasteiger partial charge in [-0.05, 0) is 55.0 Å². The van der Waals surface area contributed by atoms with Gasteiger partial charge in [0.05, 0.1) is 7.11 Å². The Morgan fingerprint density at radius 3 is 2.22 bits per heavy atom. The summed E-state index contributed by atoms with van der Waals surface area (Å²) >= 11 is 18.2. The van der Waals surface area contributed by atoms with Gasteiger partial charge in [-0.25, -0.2) is 4.68 Å². The summed E-state index contributed by atoms with van der Waals surface area (Å²) in [5.74, 6) is -2.18. The van der Waals surface area contributed by atoms with Crippen molar-refractivity contribution < 1.29 is 19.1 Å². The van der Waals surface area contributed by atoms with E-state index < -0.39 is 17.7 Å². The maximum atomic E-state index is 13.2. The first-order valence-electron chi connectivity index (χ1n) is 10.5. The van der Waals surface area contributed by atoms with Crippen LogP contribution in [0.15, 0.2) is 60.7 Å². The Morgan fingerprint density at radius 2 is 1.56 bits per heavy atom. The molecule has 0 aliphatic rings. The van der Waals surface area contributed by atoms with Gasteiger partial charge in [-0.1, -0.05) is 53.0 Å². The van der Waals surface area contributed by atoms with Gasteiger partial charge in [-0.2, -0.15) is 0 Å². The van der Waals surface area contributed by atoms with Gasteiger partial charge in [0.25, 0.3) is 5.91 Å². The third-order valence-corrected chi connectivity index (χ3v) is 6.05. The van der Waals surface area contributed by atoms with Gasteiger partial charge in [0.15, 0.2) is 0 Å². The van der Waals surface area contributed by atoms with Gasteiger partial charge in [-0.3, -0.25) is 19.8 Å². The number of hydrogen-bond acceptors (Lipinski definition) is 4. The van der Waals surface area contributed by atoms with E-state index in [0.29, 0.717) is 43.1 Å². The average Bonchev–Trinajstić information content (AvgIpc) is 3.19. The summed E-state index contributed by atoms with van der Waals surface area (Å²) in [6.45, 7) is 1.81. The van der Waals surface area contributed by atoms with Gasteiger partial charge in [-0.15, -0.1) is 0 Å². The molecule has 0 saturated carbocycles.